The van der Waals surface area contributed by atoms with E-state index in [1.54, 1.807) is 12.1 Å². The SMILES string of the molecule is CC=C1CC(CC(=O)OC)c2ccc(O)cc21. The summed E-state index contributed by atoms with van der Waals surface area (Å²) in [7, 11) is 1.41. The maximum Gasteiger partial charge on any atom is 0.306 e. The minimum Gasteiger partial charge on any atom is -0.508 e. The Kier molecular flexibility index (Phi) is 3.18. The van der Waals surface area contributed by atoms with Gasteiger partial charge in [-0.2, -0.15) is 0 Å². The van der Waals surface area contributed by atoms with Gasteiger partial charge in [-0.05, 0) is 48.1 Å². The molecular formula is C14H16O3. The number of methoxy groups -OCH3 is 1. The van der Waals surface area contributed by atoms with Gasteiger partial charge in [0.25, 0.3) is 0 Å². The van der Waals surface area contributed by atoms with Crippen LogP contribution in [0.4, 0.5) is 0 Å². The van der Waals surface area contributed by atoms with Crippen LogP contribution in [0.3, 0.4) is 0 Å². The highest BCUT2D eigenvalue weighted by molar-refractivity contribution is 5.78. The molecule has 0 bridgehead atoms. The Balaban J connectivity index is 2.34. The van der Waals surface area contributed by atoms with E-state index < -0.39 is 0 Å². The minimum absolute atomic E-state index is 0.171. The number of hydrogen-bond acceptors (Lipinski definition) is 3. The Bertz CT molecular complexity index is 474. The lowest BCUT2D eigenvalue weighted by Crippen LogP contribution is -2.06. The van der Waals surface area contributed by atoms with Gasteiger partial charge in [0.15, 0.2) is 0 Å². The molecule has 3 heteroatoms. The molecule has 0 fully saturated rings. The molecule has 0 heterocycles. The summed E-state index contributed by atoms with van der Waals surface area (Å²) < 4.78 is 4.71. The molecule has 1 aliphatic carbocycles. The lowest BCUT2D eigenvalue weighted by Gasteiger charge is -2.09. The van der Waals surface area contributed by atoms with E-state index in [-0.39, 0.29) is 17.6 Å². The molecule has 0 spiro atoms. The Morgan fingerprint density at radius 2 is 2.35 bits per heavy atom. The highest BCUT2D eigenvalue weighted by atomic mass is 16.5. The Hall–Kier alpha value is -1.77. The van der Waals surface area contributed by atoms with Gasteiger partial charge in [-0.1, -0.05) is 12.1 Å². The van der Waals surface area contributed by atoms with Gasteiger partial charge in [0.05, 0.1) is 13.5 Å². The molecule has 0 radical (unpaired) electrons. The molecule has 17 heavy (non-hydrogen) atoms. The number of carbonyl (C=O) groups excluding carboxylic acids is 1. The average Bonchev–Trinajstić information content (AvgIpc) is 2.66. The summed E-state index contributed by atoms with van der Waals surface area (Å²) in [6.45, 7) is 1.98. The second-order valence-electron chi connectivity index (χ2n) is 4.27. The Labute approximate surface area is 101 Å². The first-order valence-electron chi connectivity index (χ1n) is 5.71. The Morgan fingerprint density at radius 3 is 3.00 bits per heavy atom. The minimum atomic E-state index is -0.189. The molecule has 1 unspecified atom stereocenters. The van der Waals surface area contributed by atoms with Crippen molar-refractivity contribution in [2.45, 2.75) is 25.7 Å². The fourth-order valence-electron chi connectivity index (χ4n) is 2.40. The van der Waals surface area contributed by atoms with Crippen molar-refractivity contribution in [3.8, 4) is 5.75 Å². The van der Waals surface area contributed by atoms with Crippen LogP contribution in [0.25, 0.3) is 5.57 Å². The second kappa shape index (κ2) is 4.62. The number of ether oxygens (including phenoxy) is 1. The lowest BCUT2D eigenvalue weighted by molar-refractivity contribution is -0.141. The number of aromatic hydroxyl groups is 1. The van der Waals surface area contributed by atoms with Crippen molar-refractivity contribution in [3.63, 3.8) is 0 Å². The number of phenols is 1. The standard InChI is InChI=1S/C14H16O3/c1-3-9-6-10(7-14(16)17-2)12-5-4-11(15)8-13(9)12/h3-5,8,10,15H,6-7H2,1-2H3. The van der Waals surface area contributed by atoms with Crippen molar-refractivity contribution in [3.05, 3.63) is 35.4 Å². The predicted molar refractivity (Wildman–Crippen MR) is 65.7 cm³/mol. The second-order valence-corrected chi connectivity index (χ2v) is 4.27. The fourth-order valence-corrected chi connectivity index (χ4v) is 2.40. The first kappa shape index (κ1) is 11.7. The number of phenolic OH excluding ortho intramolecular Hbond substituents is 1. The van der Waals surface area contributed by atoms with Crippen molar-refractivity contribution < 1.29 is 14.6 Å². The molecule has 1 aromatic carbocycles. The maximum absolute atomic E-state index is 11.3. The zero-order chi connectivity index (χ0) is 12.4. The molecule has 0 saturated carbocycles. The smallest absolute Gasteiger partial charge is 0.306 e. The summed E-state index contributed by atoms with van der Waals surface area (Å²) in [5.41, 5.74) is 3.37. The quantitative estimate of drug-likeness (QED) is 0.797. The van der Waals surface area contributed by atoms with Gasteiger partial charge in [0, 0.05) is 0 Å². The highest BCUT2D eigenvalue weighted by Crippen LogP contribution is 2.44. The van der Waals surface area contributed by atoms with Gasteiger partial charge in [0.1, 0.15) is 5.75 Å². The molecule has 1 atom stereocenters. The van der Waals surface area contributed by atoms with Gasteiger partial charge in [0.2, 0.25) is 0 Å². The monoisotopic (exact) mass is 232 g/mol. The molecule has 1 aliphatic rings. The summed E-state index contributed by atoms with van der Waals surface area (Å²) in [5.74, 6) is 0.248. The number of esters is 1. The van der Waals surface area contributed by atoms with E-state index in [4.69, 9.17) is 4.74 Å². The van der Waals surface area contributed by atoms with Crippen LogP contribution in [0.1, 0.15) is 36.8 Å². The van der Waals surface area contributed by atoms with Gasteiger partial charge < -0.3 is 9.84 Å². The number of rotatable bonds is 2. The molecule has 0 aromatic heterocycles. The van der Waals surface area contributed by atoms with Crippen LogP contribution in [0.5, 0.6) is 5.75 Å². The van der Waals surface area contributed by atoms with E-state index in [0.717, 1.165) is 17.5 Å². The normalized spacial score (nSPS) is 20.4. The van der Waals surface area contributed by atoms with Crippen molar-refractivity contribution in [2.24, 2.45) is 0 Å². The summed E-state index contributed by atoms with van der Waals surface area (Å²) in [4.78, 5) is 11.3. The number of fused-ring (bicyclic) bond motifs is 1. The molecule has 1 aromatic rings. The Morgan fingerprint density at radius 1 is 1.59 bits per heavy atom. The van der Waals surface area contributed by atoms with Crippen LogP contribution in [0.15, 0.2) is 24.3 Å². The van der Waals surface area contributed by atoms with E-state index in [2.05, 4.69) is 0 Å². The van der Waals surface area contributed by atoms with Crippen molar-refractivity contribution in [2.75, 3.05) is 7.11 Å². The largest absolute Gasteiger partial charge is 0.508 e. The molecule has 90 valence electrons. The number of benzene rings is 1. The van der Waals surface area contributed by atoms with Crippen LogP contribution in [-0.4, -0.2) is 18.2 Å². The molecule has 0 saturated heterocycles. The first-order chi connectivity index (χ1) is 8.15. The third-order valence-corrected chi connectivity index (χ3v) is 3.28. The third kappa shape index (κ3) is 2.18. The predicted octanol–water partition coefficient (Wildman–Crippen LogP) is 2.85. The molecule has 2 rings (SSSR count). The van der Waals surface area contributed by atoms with Crippen LogP contribution >= 0.6 is 0 Å². The molecule has 0 aliphatic heterocycles. The van der Waals surface area contributed by atoms with E-state index in [9.17, 15) is 9.90 Å². The van der Waals surface area contributed by atoms with E-state index in [1.807, 2.05) is 19.1 Å². The van der Waals surface area contributed by atoms with Crippen molar-refractivity contribution in [1.29, 1.82) is 0 Å². The molecule has 0 amide bonds. The number of carbonyl (C=O) groups is 1. The lowest BCUT2D eigenvalue weighted by atomic mass is 9.98. The van der Waals surface area contributed by atoms with E-state index >= 15 is 0 Å². The number of hydrogen-bond donors (Lipinski definition) is 1. The van der Waals surface area contributed by atoms with Crippen LogP contribution in [0.2, 0.25) is 0 Å². The van der Waals surface area contributed by atoms with Crippen LogP contribution in [-0.2, 0) is 9.53 Å². The highest BCUT2D eigenvalue weighted by Gasteiger charge is 2.28. The van der Waals surface area contributed by atoms with Crippen molar-refractivity contribution in [1.82, 2.24) is 0 Å². The van der Waals surface area contributed by atoms with Crippen LogP contribution < -0.4 is 0 Å². The average molecular weight is 232 g/mol. The topological polar surface area (TPSA) is 46.5 Å². The summed E-state index contributed by atoms with van der Waals surface area (Å²) >= 11 is 0. The summed E-state index contributed by atoms with van der Waals surface area (Å²) in [5, 5.41) is 9.51. The molecule has 3 nitrogen and oxygen atoms in total. The fraction of sp³-hybridized carbons (Fsp3) is 0.357. The zero-order valence-corrected chi connectivity index (χ0v) is 10.1. The first-order valence-corrected chi connectivity index (χ1v) is 5.71. The summed E-state index contributed by atoms with van der Waals surface area (Å²) in [6, 6.07) is 5.33. The van der Waals surface area contributed by atoms with Gasteiger partial charge in [-0.3, -0.25) is 4.79 Å². The van der Waals surface area contributed by atoms with Gasteiger partial charge in [-0.15, -0.1) is 0 Å². The van der Waals surface area contributed by atoms with Gasteiger partial charge in [-0.25, -0.2) is 0 Å². The van der Waals surface area contributed by atoms with Gasteiger partial charge >= 0.3 is 5.97 Å². The van der Waals surface area contributed by atoms with E-state index in [1.165, 1.54) is 12.7 Å². The summed E-state index contributed by atoms with van der Waals surface area (Å²) in [6.07, 6.45) is 3.27. The molecular weight excluding hydrogens is 216 g/mol. The van der Waals surface area contributed by atoms with E-state index in [0.29, 0.717) is 6.42 Å². The third-order valence-electron chi connectivity index (χ3n) is 3.28. The maximum atomic E-state index is 11.3. The van der Waals surface area contributed by atoms with Crippen LogP contribution in [0, 0.1) is 0 Å². The number of allylic oxidation sites excluding steroid dienone is 2. The molecule has 1 N–H and O–H groups in total. The van der Waals surface area contributed by atoms with Crippen molar-refractivity contribution >= 4 is 11.5 Å². The zero-order valence-electron chi connectivity index (χ0n) is 10.1.